The summed E-state index contributed by atoms with van der Waals surface area (Å²) in [4.78, 5) is 2.53. The average Bonchev–Trinajstić information content (AvgIpc) is 2.72. The normalized spacial score (nSPS) is 22.0. The van der Waals surface area contributed by atoms with Crippen molar-refractivity contribution in [2.75, 3.05) is 19.6 Å². The molecule has 0 unspecified atom stereocenters. The predicted octanol–water partition coefficient (Wildman–Crippen LogP) is 0.972. The number of nitrogens with one attached hydrogen (secondary N) is 1. The SMILES string of the molecule is c1c(CN2CCCCC2)nn2c1CNCC2. The maximum atomic E-state index is 4.68. The zero-order valence-corrected chi connectivity index (χ0v) is 9.78. The van der Waals surface area contributed by atoms with Crippen LogP contribution in [0.1, 0.15) is 30.7 Å². The molecule has 2 aliphatic rings. The first-order chi connectivity index (χ1) is 7.92. The van der Waals surface area contributed by atoms with E-state index in [0.717, 1.165) is 26.2 Å². The third kappa shape index (κ3) is 2.13. The Labute approximate surface area is 96.6 Å². The standard InChI is InChI=1S/C12H20N4/c1-2-5-15(6-3-1)10-11-8-12-9-13-4-7-16(12)14-11/h8,13H,1-7,9-10H2. The van der Waals surface area contributed by atoms with Gasteiger partial charge in [-0.1, -0.05) is 6.42 Å². The molecule has 0 amide bonds. The van der Waals surface area contributed by atoms with E-state index >= 15 is 0 Å². The van der Waals surface area contributed by atoms with Crippen molar-refractivity contribution >= 4 is 0 Å². The second kappa shape index (κ2) is 4.55. The third-order valence-electron chi connectivity index (χ3n) is 3.55. The van der Waals surface area contributed by atoms with Crippen LogP contribution in [-0.2, 0) is 19.6 Å². The van der Waals surface area contributed by atoms with E-state index in [4.69, 9.17) is 0 Å². The molecule has 0 saturated carbocycles. The van der Waals surface area contributed by atoms with E-state index in [-0.39, 0.29) is 0 Å². The predicted molar refractivity (Wildman–Crippen MR) is 63.1 cm³/mol. The molecule has 0 spiro atoms. The van der Waals surface area contributed by atoms with Crippen LogP contribution in [0.5, 0.6) is 0 Å². The first kappa shape index (κ1) is 10.3. The van der Waals surface area contributed by atoms with E-state index in [9.17, 15) is 0 Å². The maximum absolute atomic E-state index is 4.68. The van der Waals surface area contributed by atoms with Crippen molar-refractivity contribution in [1.82, 2.24) is 20.0 Å². The number of fused-ring (bicyclic) bond motifs is 1. The van der Waals surface area contributed by atoms with Crippen LogP contribution in [-0.4, -0.2) is 34.3 Å². The summed E-state index contributed by atoms with van der Waals surface area (Å²) in [5.74, 6) is 0. The number of likely N-dealkylation sites (tertiary alicyclic amines) is 1. The molecular formula is C12H20N4. The summed E-state index contributed by atoms with van der Waals surface area (Å²) in [6, 6.07) is 2.26. The highest BCUT2D eigenvalue weighted by Gasteiger charge is 2.15. The van der Waals surface area contributed by atoms with Gasteiger partial charge in [-0.05, 0) is 32.0 Å². The van der Waals surface area contributed by atoms with E-state index in [1.807, 2.05) is 0 Å². The smallest absolute Gasteiger partial charge is 0.0768 e. The molecule has 0 atom stereocenters. The van der Waals surface area contributed by atoms with Crippen LogP contribution in [0.4, 0.5) is 0 Å². The van der Waals surface area contributed by atoms with Crippen molar-refractivity contribution in [3.8, 4) is 0 Å². The van der Waals surface area contributed by atoms with Crippen LogP contribution in [0.25, 0.3) is 0 Å². The second-order valence-electron chi connectivity index (χ2n) is 4.86. The van der Waals surface area contributed by atoms with Gasteiger partial charge in [-0.3, -0.25) is 9.58 Å². The van der Waals surface area contributed by atoms with Crippen molar-refractivity contribution < 1.29 is 0 Å². The third-order valence-corrected chi connectivity index (χ3v) is 3.55. The Morgan fingerprint density at radius 2 is 2.06 bits per heavy atom. The zero-order chi connectivity index (χ0) is 10.8. The summed E-state index contributed by atoms with van der Waals surface area (Å²) in [6.07, 6.45) is 4.12. The Bertz CT molecular complexity index is 328. The van der Waals surface area contributed by atoms with Gasteiger partial charge in [0, 0.05) is 19.6 Å². The molecule has 3 rings (SSSR count). The topological polar surface area (TPSA) is 33.1 Å². The largest absolute Gasteiger partial charge is 0.309 e. The van der Waals surface area contributed by atoms with Crippen LogP contribution < -0.4 is 5.32 Å². The number of nitrogens with zero attached hydrogens (tertiary/aromatic N) is 3. The van der Waals surface area contributed by atoms with E-state index in [1.165, 1.54) is 43.7 Å². The number of aromatic nitrogens is 2. The fraction of sp³-hybridized carbons (Fsp3) is 0.750. The molecule has 88 valence electrons. The molecule has 4 heteroatoms. The van der Waals surface area contributed by atoms with Gasteiger partial charge in [0.1, 0.15) is 0 Å². The molecule has 1 N–H and O–H groups in total. The second-order valence-corrected chi connectivity index (χ2v) is 4.86. The van der Waals surface area contributed by atoms with Crippen LogP contribution in [0.15, 0.2) is 6.07 Å². The molecule has 3 heterocycles. The minimum Gasteiger partial charge on any atom is -0.309 e. The number of hydrogen-bond acceptors (Lipinski definition) is 3. The van der Waals surface area contributed by atoms with Crippen molar-refractivity contribution in [3.05, 3.63) is 17.5 Å². The van der Waals surface area contributed by atoms with E-state index in [0.29, 0.717) is 0 Å². The van der Waals surface area contributed by atoms with Gasteiger partial charge in [-0.25, -0.2) is 0 Å². The van der Waals surface area contributed by atoms with Crippen LogP contribution in [0.2, 0.25) is 0 Å². The maximum Gasteiger partial charge on any atom is 0.0768 e. The monoisotopic (exact) mass is 220 g/mol. The summed E-state index contributed by atoms with van der Waals surface area (Å²) in [7, 11) is 0. The van der Waals surface area contributed by atoms with Gasteiger partial charge in [0.25, 0.3) is 0 Å². The molecule has 2 aliphatic heterocycles. The lowest BCUT2D eigenvalue weighted by atomic mass is 10.1. The summed E-state index contributed by atoms with van der Waals surface area (Å²) in [6.45, 7) is 6.60. The van der Waals surface area contributed by atoms with E-state index in [1.54, 1.807) is 0 Å². The zero-order valence-electron chi connectivity index (χ0n) is 9.78. The van der Waals surface area contributed by atoms with Crippen molar-refractivity contribution in [1.29, 1.82) is 0 Å². The summed E-state index contributed by atoms with van der Waals surface area (Å²) >= 11 is 0. The number of piperidine rings is 1. The molecule has 1 aromatic heterocycles. The highest BCUT2D eigenvalue weighted by atomic mass is 15.3. The van der Waals surface area contributed by atoms with Gasteiger partial charge in [-0.15, -0.1) is 0 Å². The first-order valence-electron chi connectivity index (χ1n) is 6.40. The van der Waals surface area contributed by atoms with Gasteiger partial charge in [0.15, 0.2) is 0 Å². The Morgan fingerprint density at radius 1 is 1.19 bits per heavy atom. The first-order valence-corrected chi connectivity index (χ1v) is 6.40. The fourth-order valence-corrected chi connectivity index (χ4v) is 2.68. The summed E-state index contributed by atoms with van der Waals surface area (Å²) in [5, 5.41) is 8.06. The molecule has 1 aromatic rings. The van der Waals surface area contributed by atoms with E-state index < -0.39 is 0 Å². The fourth-order valence-electron chi connectivity index (χ4n) is 2.68. The Balaban J connectivity index is 1.67. The molecular weight excluding hydrogens is 200 g/mol. The van der Waals surface area contributed by atoms with Crippen molar-refractivity contribution in [2.24, 2.45) is 0 Å². The highest BCUT2D eigenvalue weighted by Crippen LogP contribution is 2.14. The van der Waals surface area contributed by atoms with Gasteiger partial charge in [0.2, 0.25) is 0 Å². The summed E-state index contributed by atoms with van der Waals surface area (Å²) in [5.41, 5.74) is 2.60. The highest BCUT2D eigenvalue weighted by molar-refractivity contribution is 5.11. The average molecular weight is 220 g/mol. The Hall–Kier alpha value is -0.870. The number of hydrogen-bond donors (Lipinski definition) is 1. The minimum atomic E-state index is 0.979. The van der Waals surface area contributed by atoms with Crippen LogP contribution in [0.3, 0.4) is 0 Å². The molecule has 16 heavy (non-hydrogen) atoms. The van der Waals surface area contributed by atoms with Gasteiger partial charge in [0.05, 0.1) is 17.9 Å². The van der Waals surface area contributed by atoms with E-state index in [2.05, 4.69) is 26.1 Å². The summed E-state index contributed by atoms with van der Waals surface area (Å²) < 4.78 is 2.16. The minimum absolute atomic E-state index is 0.979. The Morgan fingerprint density at radius 3 is 2.88 bits per heavy atom. The molecule has 1 saturated heterocycles. The van der Waals surface area contributed by atoms with Gasteiger partial charge < -0.3 is 5.32 Å². The van der Waals surface area contributed by atoms with Gasteiger partial charge >= 0.3 is 0 Å². The molecule has 0 aliphatic carbocycles. The quantitative estimate of drug-likeness (QED) is 0.806. The molecule has 0 aromatic carbocycles. The molecule has 4 nitrogen and oxygen atoms in total. The lowest BCUT2D eigenvalue weighted by molar-refractivity contribution is 0.218. The molecule has 0 radical (unpaired) electrons. The molecule has 1 fully saturated rings. The lowest BCUT2D eigenvalue weighted by Gasteiger charge is -2.25. The lowest BCUT2D eigenvalue weighted by Crippen LogP contribution is -2.29. The van der Waals surface area contributed by atoms with Gasteiger partial charge in [-0.2, -0.15) is 5.10 Å². The number of rotatable bonds is 2. The van der Waals surface area contributed by atoms with Crippen molar-refractivity contribution in [2.45, 2.75) is 38.9 Å². The van der Waals surface area contributed by atoms with Crippen LogP contribution in [0, 0.1) is 0 Å². The van der Waals surface area contributed by atoms with Crippen LogP contribution >= 0.6 is 0 Å². The Kier molecular flexibility index (Phi) is 2.93. The molecule has 0 bridgehead atoms. The van der Waals surface area contributed by atoms with Crippen molar-refractivity contribution in [3.63, 3.8) is 0 Å².